The predicted molar refractivity (Wildman–Crippen MR) is 118 cm³/mol. The number of benzene rings is 2. The summed E-state index contributed by atoms with van der Waals surface area (Å²) in [6.07, 6.45) is 2.27. The molecule has 1 aromatic heterocycles. The highest BCUT2D eigenvalue weighted by atomic mass is 16.5. The molecule has 0 spiro atoms. The average molecular weight is 408 g/mol. The molecule has 6 nitrogen and oxygen atoms in total. The second-order valence-electron chi connectivity index (χ2n) is 7.64. The molecule has 0 saturated heterocycles. The van der Waals surface area contributed by atoms with Gasteiger partial charge in [-0.25, -0.2) is 4.79 Å². The van der Waals surface area contributed by atoms with Gasteiger partial charge in [0.2, 0.25) is 5.91 Å². The standard InChI is InChI=1S/C24H29N3O3/c1-18(2)22(26-24(29)30-17-19-9-4-3-5-10-19)23(28)25-14-8-15-27-16-13-20-11-6-7-12-21(20)27/h3-7,9-13,16,18,22H,8,14-15,17H2,1-2H3,(H,25,28)(H,26,29)/t22-/m0/s1. The van der Waals surface area contributed by atoms with E-state index < -0.39 is 12.1 Å². The fourth-order valence-electron chi connectivity index (χ4n) is 3.33. The lowest BCUT2D eigenvalue weighted by atomic mass is 10.0. The van der Waals surface area contributed by atoms with Gasteiger partial charge in [-0.2, -0.15) is 0 Å². The van der Waals surface area contributed by atoms with Crippen molar-refractivity contribution in [3.05, 3.63) is 72.4 Å². The van der Waals surface area contributed by atoms with Crippen LogP contribution in [-0.4, -0.2) is 29.2 Å². The van der Waals surface area contributed by atoms with Crippen molar-refractivity contribution in [1.29, 1.82) is 0 Å². The Bertz CT molecular complexity index is 966. The van der Waals surface area contributed by atoms with Crippen molar-refractivity contribution in [1.82, 2.24) is 15.2 Å². The van der Waals surface area contributed by atoms with Gasteiger partial charge in [0.05, 0.1) is 0 Å². The number of fused-ring (bicyclic) bond motifs is 1. The van der Waals surface area contributed by atoms with Crippen molar-refractivity contribution < 1.29 is 14.3 Å². The Balaban J connectivity index is 1.43. The zero-order valence-electron chi connectivity index (χ0n) is 17.5. The van der Waals surface area contributed by atoms with Crippen LogP contribution in [0.25, 0.3) is 10.9 Å². The maximum absolute atomic E-state index is 12.6. The van der Waals surface area contributed by atoms with Crippen LogP contribution in [0.3, 0.4) is 0 Å². The fourth-order valence-corrected chi connectivity index (χ4v) is 3.33. The van der Waals surface area contributed by atoms with Crippen molar-refractivity contribution in [2.24, 2.45) is 5.92 Å². The SMILES string of the molecule is CC(C)[C@H](NC(=O)OCc1ccccc1)C(=O)NCCCn1ccc2ccccc21. The molecular formula is C24H29N3O3. The van der Waals surface area contributed by atoms with Gasteiger partial charge in [0, 0.05) is 24.8 Å². The van der Waals surface area contributed by atoms with Gasteiger partial charge < -0.3 is 19.9 Å². The van der Waals surface area contributed by atoms with E-state index in [4.69, 9.17) is 4.74 Å². The molecule has 0 saturated carbocycles. The van der Waals surface area contributed by atoms with Gasteiger partial charge in [-0.05, 0) is 35.4 Å². The third kappa shape index (κ3) is 5.86. The maximum atomic E-state index is 12.6. The third-order valence-electron chi connectivity index (χ3n) is 4.99. The van der Waals surface area contributed by atoms with Crippen molar-refractivity contribution in [2.75, 3.05) is 6.54 Å². The highest BCUT2D eigenvalue weighted by Gasteiger charge is 2.24. The first-order valence-electron chi connectivity index (χ1n) is 10.3. The lowest BCUT2D eigenvalue weighted by Gasteiger charge is -2.21. The summed E-state index contributed by atoms with van der Waals surface area (Å²) in [6, 6.07) is 19.1. The number of carbonyl (C=O) groups excluding carboxylic acids is 2. The van der Waals surface area contributed by atoms with Gasteiger partial charge in [-0.1, -0.05) is 62.4 Å². The van der Waals surface area contributed by atoms with E-state index in [0.29, 0.717) is 6.54 Å². The molecule has 0 bridgehead atoms. The van der Waals surface area contributed by atoms with E-state index in [1.165, 1.54) is 10.9 Å². The van der Waals surface area contributed by atoms with Crippen molar-refractivity contribution >= 4 is 22.9 Å². The molecule has 0 fully saturated rings. The summed E-state index contributed by atoms with van der Waals surface area (Å²) < 4.78 is 7.42. The normalized spacial score (nSPS) is 12.0. The minimum atomic E-state index is -0.638. The molecule has 158 valence electrons. The summed E-state index contributed by atoms with van der Waals surface area (Å²) in [5.41, 5.74) is 2.09. The van der Waals surface area contributed by atoms with Gasteiger partial charge in [0.15, 0.2) is 0 Å². The molecule has 3 aromatic rings. The van der Waals surface area contributed by atoms with Crippen molar-refractivity contribution in [3.63, 3.8) is 0 Å². The van der Waals surface area contributed by atoms with Crippen LogP contribution >= 0.6 is 0 Å². The number of amides is 2. The first-order chi connectivity index (χ1) is 14.5. The molecule has 0 aliphatic carbocycles. The molecule has 0 unspecified atom stereocenters. The number of carbonyl (C=O) groups is 2. The van der Waals surface area contributed by atoms with Crippen LogP contribution < -0.4 is 10.6 Å². The van der Waals surface area contributed by atoms with Crippen LogP contribution in [0.15, 0.2) is 66.9 Å². The van der Waals surface area contributed by atoms with E-state index in [0.717, 1.165) is 18.5 Å². The molecule has 30 heavy (non-hydrogen) atoms. The number of rotatable bonds is 9. The van der Waals surface area contributed by atoms with Crippen molar-refractivity contribution in [2.45, 2.75) is 39.5 Å². The Kier molecular flexibility index (Phi) is 7.49. The first-order valence-corrected chi connectivity index (χ1v) is 10.3. The van der Waals surface area contributed by atoms with Gasteiger partial charge >= 0.3 is 6.09 Å². The molecule has 6 heteroatoms. The number of nitrogens with one attached hydrogen (secondary N) is 2. The van der Waals surface area contributed by atoms with Crippen LogP contribution in [-0.2, 0) is 22.7 Å². The Labute approximate surface area is 177 Å². The van der Waals surface area contributed by atoms with E-state index >= 15 is 0 Å². The second kappa shape index (κ2) is 10.5. The van der Waals surface area contributed by atoms with Crippen LogP contribution in [0.2, 0.25) is 0 Å². The minimum Gasteiger partial charge on any atom is -0.445 e. The van der Waals surface area contributed by atoms with Crippen LogP contribution in [0, 0.1) is 5.92 Å². The summed E-state index contributed by atoms with van der Waals surface area (Å²) in [5.74, 6) is -0.248. The first kappa shape index (κ1) is 21.4. The molecule has 1 heterocycles. The lowest BCUT2D eigenvalue weighted by Crippen LogP contribution is -2.50. The zero-order valence-corrected chi connectivity index (χ0v) is 17.5. The Morgan fingerprint density at radius 2 is 1.73 bits per heavy atom. The van der Waals surface area contributed by atoms with E-state index in [9.17, 15) is 9.59 Å². The van der Waals surface area contributed by atoms with Gasteiger partial charge in [0.25, 0.3) is 0 Å². The lowest BCUT2D eigenvalue weighted by molar-refractivity contribution is -0.124. The number of hydrogen-bond acceptors (Lipinski definition) is 3. The van der Waals surface area contributed by atoms with Gasteiger partial charge in [-0.3, -0.25) is 4.79 Å². The van der Waals surface area contributed by atoms with Crippen LogP contribution in [0.1, 0.15) is 25.8 Å². The van der Waals surface area contributed by atoms with Crippen LogP contribution in [0.5, 0.6) is 0 Å². The molecule has 2 N–H and O–H groups in total. The molecule has 0 aliphatic heterocycles. The van der Waals surface area contributed by atoms with E-state index in [2.05, 4.69) is 39.6 Å². The fraction of sp³-hybridized carbons (Fsp3) is 0.333. The number of aromatic nitrogens is 1. The average Bonchev–Trinajstić information content (AvgIpc) is 3.17. The summed E-state index contributed by atoms with van der Waals surface area (Å²) in [6.45, 7) is 5.31. The predicted octanol–water partition coefficient (Wildman–Crippen LogP) is 4.10. The molecule has 3 rings (SSSR count). The Hall–Kier alpha value is -3.28. The van der Waals surface area contributed by atoms with E-state index in [1.807, 2.05) is 56.3 Å². The van der Waals surface area contributed by atoms with Crippen molar-refractivity contribution in [3.8, 4) is 0 Å². The number of para-hydroxylation sites is 1. The highest BCUT2D eigenvalue weighted by Crippen LogP contribution is 2.15. The summed E-state index contributed by atoms with van der Waals surface area (Å²) in [7, 11) is 0. The van der Waals surface area contributed by atoms with Gasteiger partial charge in [-0.15, -0.1) is 0 Å². The highest BCUT2D eigenvalue weighted by molar-refractivity contribution is 5.85. The molecule has 2 amide bonds. The Morgan fingerprint density at radius 3 is 2.50 bits per heavy atom. The minimum absolute atomic E-state index is 0.0531. The molecule has 2 aromatic carbocycles. The smallest absolute Gasteiger partial charge is 0.408 e. The quantitative estimate of drug-likeness (QED) is 0.525. The summed E-state index contributed by atoms with van der Waals surface area (Å²) >= 11 is 0. The second-order valence-corrected chi connectivity index (χ2v) is 7.64. The van der Waals surface area contributed by atoms with Gasteiger partial charge in [0.1, 0.15) is 12.6 Å². The Morgan fingerprint density at radius 1 is 1.00 bits per heavy atom. The van der Waals surface area contributed by atoms with E-state index in [1.54, 1.807) is 0 Å². The number of hydrogen-bond donors (Lipinski definition) is 2. The summed E-state index contributed by atoms with van der Waals surface area (Å²) in [5, 5.41) is 6.83. The molecule has 0 radical (unpaired) electrons. The van der Waals surface area contributed by atoms with E-state index in [-0.39, 0.29) is 18.4 Å². The van der Waals surface area contributed by atoms with Crippen LogP contribution in [0.4, 0.5) is 4.79 Å². The monoisotopic (exact) mass is 407 g/mol. The number of alkyl carbamates (subject to hydrolysis) is 1. The largest absolute Gasteiger partial charge is 0.445 e. The molecule has 1 atom stereocenters. The topological polar surface area (TPSA) is 72.4 Å². The molecular weight excluding hydrogens is 378 g/mol. The third-order valence-corrected chi connectivity index (χ3v) is 4.99. The number of nitrogens with zero attached hydrogens (tertiary/aromatic N) is 1. The zero-order chi connectivity index (χ0) is 21.3. The summed E-state index contributed by atoms with van der Waals surface area (Å²) in [4.78, 5) is 24.7. The maximum Gasteiger partial charge on any atom is 0.408 e. The molecule has 0 aliphatic rings. The number of aryl methyl sites for hydroxylation is 1. The number of ether oxygens (including phenoxy) is 1.